The van der Waals surface area contributed by atoms with Gasteiger partial charge in [0.2, 0.25) is 5.91 Å². The fraction of sp³-hybridized carbons (Fsp3) is 0.938. The Balaban J connectivity index is 2.39. The first-order valence-electron chi connectivity index (χ1n) is 7.81. The van der Waals surface area contributed by atoms with Crippen LogP contribution in [0, 0.1) is 5.41 Å². The molecule has 20 heavy (non-hydrogen) atoms. The highest BCUT2D eigenvalue weighted by Gasteiger charge is 2.59. The Hall–Kier alpha value is -0.610. The number of unbranched alkanes of at least 4 members (excludes halogenated alkanes) is 3. The minimum atomic E-state index is -0.118. The maximum absolute atomic E-state index is 12.3. The Labute approximate surface area is 124 Å². The van der Waals surface area contributed by atoms with Crippen molar-refractivity contribution in [1.82, 2.24) is 4.90 Å². The van der Waals surface area contributed by atoms with E-state index in [2.05, 4.69) is 20.8 Å². The van der Waals surface area contributed by atoms with Gasteiger partial charge in [-0.25, -0.2) is 0 Å². The predicted molar refractivity (Wildman–Crippen MR) is 82.5 cm³/mol. The third-order valence-corrected chi connectivity index (χ3v) is 5.44. The first-order valence-corrected chi connectivity index (χ1v) is 7.81. The third-order valence-electron chi connectivity index (χ3n) is 5.44. The molecule has 0 bridgehead atoms. The molecule has 2 unspecified atom stereocenters. The molecular formula is C16H32N2O2. The number of rotatable bonds is 8. The molecule has 1 aliphatic carbocycles. The molecule has 0 aromatic rings. The lowest BCUT2D eigenvalue weighted by molar-refractivity contribution is -0.207. The smallest absolute Gasteiger partial charge is 0.222 e. The van der Waals surface area contributed by atoms with E-state index >= 15 is 0 Å². The Morgan fingerprint density at radius 1 is 1.25 bits per heavy atom. The molecule has 0 aliphatic heterocycles. The lowest BCUT2D eigenvalue weighted by Gasteiger charge is -2.61. The van der Waals surface area contributed by atoms with Crippen molar-refractivity contribution in [2.45, 2.75) is 70.9 Å². The number of hydrogen-bond donors (Lipinski definition) is 1. The van der Waals surface area contributed by atoms with Crippen LogP contribution in [0.4, 0.5) is 0 Å². The van der Waals surface area contributed by atoms with Crippen molar-refractivity contribution in [3.8, 4) is 0 Å². The van der Waals surface area contributed by atoms with Crippen molar-refractivity contribution in [2.24, 2.45) is 11.1 Å². The Kier molecular flexibility index (Phi) is 6.02. The van der Waals surface area contributed by atoms with E-state index in [1.807, 2.05) is 11.9 Å². The van der Waals surface area contributed by atoms with Crippen LogP contribution >= 0.6 is 0 Å². The third kappa shape index (κ3) is 3.34. The minimum Gasteiger partial charge on any atom is -0.378 e. The van der Waals surface area contributed by atoms with Crippen molar-refractivity contribution in [1.29, 1.82) is 0 Å². The molecule has 1 aliphatic rings. The van der Waals surface area contributed by atoms with E-state index in [0.717, 1.165) is 38.6 Å². The van der Waals surface area contributed by atoms with Crippen LogP contribution in [0.1, 0.15) is 59.3 Å². The van der Waals surface area contributed by atoms with Gasteiger partial charge in [0.05, 0.1) is 5.60 Å². The number of carbonyl (C=O) groups is 1. The Morgan fingerprint density at radius 3 is 2.35 bits per heavy atom. The first kappa shape index (κ1) is 17.4. The summed E-state index contributed by atoms with van der Waals surface area (Å²) in [6.07, 6.45) is 5.83. The van der Waals surface area contributed by atoms with Crippen molar-refractivity contribution in [2.75, 3.05) is 20.7 Å². The summed E-state index contributed by atoms with van der Waals surface area (Å²) in [5.41, 5.74) is 5.35. The summed E-state index contributed by atoms with van der Waals surface area (Å²) in [5, 5.41) is 0. The molecule has 1 amide bonds. The van der Waals surface area contributed by atoms with Gasteiger partial charge < -0.3 is 15.4 Å². The van der Waals surface area contributed by atoms with Crippen LogP contribution < -0.4 is 5.73 Å². The van der Waals surface area contributed by atoms with Gasteiger partial charge in [0.1, 0.15) is 0 Å². The van der Waals surface area contributed by atoms with Crippen LogP contribution in [0.5, 0.6) is 0 Å². The van der Waals surface area contributed by atoms with Gasteiger partial charge in [0, 0.05) is 32.0 Å². The second kappa shape index (κ2) is 6.90. The largest absolute Gasteiger partial charge is 0.378 e. The van der Waals surface area contributed by atoms with Gasteiger partial charge in [-0.1, -0.05) is 26.7 Å². The van der Waals surface area contributed by atoms with Crippen molar-refractivity contribution in [3.05, 3.63) is 0 Å². The molecule has 4 heteroatoms. The zero-order chi connectivity index (χ0) is 15.4. The Bertz CT molecular complexity index is 330. The van der Waals surface area contributed by atoms with E-state index in [9.17, 15) is 4.79 Å². The number of carbonyl (C=O) groups excluding carboxylic acids is 1. The highest BCUT2D eigenvalue weighted by molar-refractivity contribution is 5.76. The van der Waals surface area contributed by atoms with Gasteiger partial charge in [-0.05, 0) is 32.7 Å². The first-order chi connectivity index (χ1) is 9.30. The van der Waals surface area contributed by atoms with Crippen LogP contribution in [-0.2, 0) is 9.53 Å². The lowest BCUT2D eigenvalue weighted by atomic mass is 9.55. The molecule has 1 fully saturated rings. The quantitative estimate of drug-likeness (QED) is 0.697. The fourth-order valence-corrected chi connectivity index (χ4v) is 3.20. The second-order valence-electron chi connectivity index (χ2n) is 6.83. The monoisotopic (exact) mass is 284 g/mol. The molecular weight excluding hydrogens is 252 g/mol. The van der Waals surface area contributed by atoms with E-state index in [1.54, 1.807) is 7.11 Å². The molecule has 0 aromatic heterocycles. The fourth-order valence-electron chi connectivity index (χ4n) is 3.20. The summed E-state index contributed by atoms with van der Waals surface area (Å²) < 4.78 is 5.62. The molecule has 0 spiro atoms. The van der Waals surface area contributed by atoms with Crippen LogP contribution in [0.25, 0.3) is 0 Å². The number of nitrogens with zero attached hydrogens (tertiary/aromatic N) is 1. The van der Waals surface area contributed by atoms with Gasteiger partial charge in [-0.3, -0.25) is 4.79 Å². The standard InChI is InChI=1S/C16H32N2O2/c1-15(2)13(12-16(15,3)20-5)18(4)14(19)10-8-6-7-9-11-17/h13H,6-12,17H2,1-5H3. The molecule has 118 valence electrons. The number of methoxy groups -OCH3 is 1. The van der Waals surface area contributed by atoms with E-state index in [4.69, 9.17) is 10.5 Å². The highest BCUT2D eigenvalue weighted by Crippen LogP contribution is 2.53. The van der Waals surface area contributed by atoms with Gasteiger partial charge in [0.15, 0.2) is 0 Å². The van der Waals surface area contributed by atoms with E-state index in [1.165, 1.54) is 0 Å². The maximum Gasteiger partial charge on any atom is 0.222 e. The number of nitrogens with two attached hydrogens (primary N) is 1. The zero-order valence-corrected chi connectivity index (χ0v) is 13.9. The topological polar surface area (TPSA) is 55.6 Å². The molecule has 0 aromatic carbocycles. The molecule has 0 radical (unpaired) electrons. The molecule has 4 nitrogen and oxygen atoms in total. The number of hydrogen-bond acceptors (Lipinski definition) is 3. The summed E-state index contributed by atoms with van der Waals surface area (Å²) >= 11 is 0. The minimum absolute atomic E-state index is 0.00566. The average Bonchev–Trinajstić information content (AvgIpc) is 2.43. The normalized spacial score (nSPS) is 28.0. The van der Waals surface area contributed by atoms with Crippen LogP contribution in [0.15, 0.2) is 0 Å². The summed E-state index contributed by atoms with van der Waals surface area (Å²) in [6, 6.07) is 0.281. The number of ether oxygens (including phenoxy) is 1. The van der Waals surface area contributed by atoms with E-state index < -0.39 is 0 Å². The molecule has 0 heterocycles. The van der Waals surface area contributed by atoms with Crippen LogP contribution in [-0.4, -0.2) is 43.2 Å². The summed E-state index contributed by atoms with van der Waals surface area (Å²) in [7, 11) is 3.70. The van der Waals surface area contributed by atoms with Crippen LogP contribution in [0.3, 0.4) is 0 Å². The lowest BCUT2D eigenvalue weighted by Crippen LogP contribution is -2.68. The van der Waals surface area contributed by atoms with Gasteiger partial charge in [-0.15, -0.1) is 0 Å². The predicted octanol–water partition coefficient (Wildman–Crippen LogP) is 2.56. The van der Waals surface area contributed by atoms with Crippen LogP contribution in [0.2, 0.25) is 0 Å². The Morgan fingerprint density at radius 2 is 1.85 bits per heavy atom. The molecule has 0 saturated heterocycles. The van der Waals surface area contributed by atoms with Gasteiger partial charge >= 0.3 is 0 Å². The molecule has 1 rings (SSSR count). The van der Waals surface area contributed by atoms with Crippen molar-refractivity contribution in [3.63, 3.8) is 0 Å². The molecule has 2 atom stereocenters. The number of amides is 1. The summed E-state index contributed by atoms with van der Waals surface area (Å²) in [6.45, 7) is 7.26. The van der Waals surface area contributed by atoms with Gasteiger partial charge in [0.25, 0.3) is 0 Å². The van der Waals surface area contributed by atoms with Crippen molar-refractivity contribution < 1.29 is 9.53 Å². The van der Waals surface area contributed by atoms with Crippen molar-refractivity contribution >= 4 is 5.91 Å². The van der Waals surface area contributed by atoms with E-state index in [0.29, 0.717) is 6.42 Å². The maximum atomic E-state index is 12.3. The second-order valence-corrected chi connectivity index (χ2v) is 6.83. The zero-order valence-electron chi connectivity index (χ0n) is 13.9. The van der Waals surface area contributed by atoms with E-state index in [-0.39, 0.29) is 23.0 Å². The highest BCUT2D eigenvalue weighted by atomic mass is 16.5. The summed E-state index contributed by atoms with van der Waals surface area (Å²) in [4.78, 5) is 14.2. The molecule has 2 N–H and O–H groups in total. The average molecular weight is 284 g/mol. The molecule has 1 saturated carbocycles. The SMILES string of the molecule is COC1(C)CC(N(C)C(=O)CCCCCCN)C1(C)C. The van der Waals surface area contributed by atoms with Gasteiger partial charge in [-0.2, -0.15) is 0 Å². The summed E-state index contributed by atoms with van der Waals surface area (Å²) in [5.74, 6) is 0.258.